The van der Waals surface area contributed by atoms with Gasteiger partial charge in [-0.15, -0.1) is 0 Å². The van der Waals surface area contributed by atoms with Crippen LogP contribution in [-0.4, -0.2) is 43.1 Å². The zero-order chi connectivity index (χ0) is 19.5. The van der Waals surface area contributed by atoms with Crippen LogP contribution in [0.4, 0.5) is 5.69 Å². The summed E-state index contributed by atoms with van der Waals surface area (Å²) >= 11 is 0. The average molecular weight is 377 g/mol. The number of fused-ring (bicyclic) bond motifs is 2. The third-order valence-electron chi connectivity index (χ3n) is 5.13. The van der Waals surface area contributed by atoms with Gasteiger partial charge in [0.15, 0.2) is 11.5 Å². The summed E-state index contributed by atoms with van der Waals surface area (Å²) in [5, 5.41) is 4.30. The Labute approximate surface area is 164 Å². The smallest absolute Gasteiger partial charge is 0.242 e. The first-order valence-corrected chi connectivity index (χ1v) is 9.29. The van der Waals surface area contributed by atoms with Crippen molar-refractivity contribution in [1.82, 2.24) is 9.88 Å². The second-order valence-corrected chi connectivity index (χ2v) is 6.78. The minimum Gasteiger partial charge on any atom is -0.493 e. The molecule has 1 amide bonds. The van der Waals surface area contributed by atoms with Crippen molar-refractivity contribution in [2.24, 2.45) is 0 Å². The molecule has 1 aliphatic rings. The molecule has 2 heterocycles. The van der Waals surface area contributed by atoms with Crippen molar-refractivity contribution in [2.45, 2.75) is 13.0 Å². The number of anilines is 1. The normalized spacial score (nSPS) is 13.1. The SMILES string of the molecule is COc1cc2c(cc1OC)CN(C(=O)CNc1cccc3cccnc13)CC2. The van der Waals surface area contributed by atoms with Crippen LogP contribution in [0.2, 0.25) is 0 Å². The molecule has 2 aromatic carbocycles. The monoisotopic (exact) mass is 377 g/mol. The highest BCUT2D eigenvalue weighted by molar-refractivity contribution is 5.92. The summed E-state index contributed by atoms with van der Waals surface area (Å²) in [5.41, 5.74) is 4.05. The van der Waals surface area contributed by atoms with E-state index in [2.05, 4.69) is 10.3 Å². The lowest BCUT2D eigenvalue weighted by molar-refractivity contribution is -0.130. The molecule has 144 valence electrons. The van der Waals surface area contributed by atoms with E-state index in [1.54, 1.807) is 20.4 Å². The maximum Gasteiger partial charge on any atom is 0.242 e. The van der Waals surface area contributed by atoms with Gasteiger partial charge >= 0.3 is 0 Å². The van der Waals surface area contributed by atoms with Crippen molar-refractivity contribution < 1.29 is 14.3 Å². The Morgan fingerprint density at radius 2 is 1.86 bits per heavy atom. The number of hydrogen-bond donors (Lipinski definition) is 1. The molecule has 0 atom stereocenters. The minimum atomic E-state index is 0.0633. The van der Waals surface area contributed by atoms with E-state index >= 15 is 0 Å². The topological polar surface area (TPSA) is 63.7 Å². The fourth-order valence-corrected chi connectivity index (χ4v) is 3.63. The number of ether oxygens (including phenoxy) is 2. The van der Waals surface area contributed by atoms with Gasteiger partial charge < -0.3 is 19.7 Å². The Kier molecular flexibility index (Phi) is 5.02. The number of carbonyl (C=O) groups is 1. The first kappa shape index (κ1) is 18.1. The number of nitrogens with one attached hydrogen (secondary N) is 1. The number of rotatable bonds is 5. The molecule has 0 bridgehead atoms. The van der Waals surface area contributed by atoms with Gasteiger partial charge in [-0.25, -0.2) is 0 Å². The third kappa shape index (κ3) is 3.45. The highest BCUT2D eigenvalue weighted by Crippen LogP contribution is 2.33. The van der Waals surface area contributed by atoms with Crippen molar-refractivity contribution in [1.29, 1.82) is 0 Å². The van der Waals surface area contributed by atoms with Crippen molar-refractivity contribution in [3.8, 4) is 11.5 Å². The van der Waals surface area contributed by atoms with Crippen LogP contribution in [0.1, 0.15) is 11.1 Å². The van der Waals surface area contributed by atoms with Gasteiger partial charge in [0, 0.05) is 24.7 Å². The Bertz CT molecular complexity index is 1010. The molecular weight excluding hydrogens is 354 g/mol. The Balaban J connectivity index is 1.46. The summed E-state index contributed by atoms with van der Waals surface area (Å²) < 4.78 is 10.8. The van der Waals surface area contributed by atoms with Crippen molar-refractivity contribution in [2.75, 3.05) is 32.6 Å². The molecule has 3 aromatic rings. The largest absolute Gasteiger partial charge is 0.493 e. The molecule has 0 saturated heterocycles. The quantitative estimate of drug-likeness (QED) is 0.740. The van der Waals surface area contributed by atoms with Crippen molar-refractivity contribution >= 4 is 22.5 Å². The molecule has 0 aliphatic carbocycles. The van der Waals surface area contributed by atoms with Crippen molar-refractivity contribution in [3.63, 3.8) is 0 Å². The summed E-state index contributed by atoms with van der Waals surface area (Å²) in [6.07, 6.45) is 2.57. The summed E-state index contributed by atoms with van der Waals surface area (Å²) in [6, 6.07) is 13.8. The molecule has 0 radical (unpaired) electrons. The predicted molar refractivity (Wildman–Crippen MR) is 109 cm³/mol. The van der Waals surface area contributed by atoms with Crippen LogP contribution in [0.3, 0.4) is 0 Å². The lowest BCUT2D eigenvalue weighted by Gasteiger charge is -2.30. The van der Waals surface area contributed by atoms with Crippen LogP contribution in [0.25, 0.3) is 10.9 Å². The summed E-state index contributed by atoms with van der Waals surface area (Å²) in [4.78, 5) is 19.1. The maximum absolute atomic E-state index is 12.8. The molecule has 1 aliphatic heterocycles. The van der Waals surface area contributed by atoms with Gasteiger partial charge in [-0.1, -0.05) is 18.2 Å². The summed E-state index contributed by atoms with van der Waals surface area (Å²) in [7, 11) is 3.26. The molecule has 0 saturated carbocycles. The average Bonchev–Trinajstić information content (AvgIpc) is 2.75. The highest BCUT2D eigenvalue weighted by atomic mass is 16.5. The number of nitrogens with zero attached hydrogens (tertiary/aromatic N) is 2. The zero-order valence-corrected chi connectivity index (χ0v) is 16.1. The second-order valence-electron chi connectivity index (χ2n) is 6.78. The van der Waals surface area contributed by atoms with Gasteiger partial charge in [0.1, 0.15) is 0 Å². The molecule has 28 heavy (non-hydrogen) atoms. The first-order chi connectivity index (χ1) is 13.7. The fraction of sp³-hybridized carbons (Fsp3) is 0.273. The van der Waals surface area contributed by atoms with Gasteiger partial charge in [0.2, 0.25) is 5.91 Å². The van der Waals surface area contributed by atoms with E-state index < -0.39 is 0 Å². The molecule has 1 N–H and O–H groups in total. The van der Waals surface area contributed by atoms with Gasteiger partial charge in [-0.3, -0.25) is 9.78 Å². The Morgan fingerprint density at radius 1 is 1.11 bits per heavy atom. The minimum absolute atomic E-state index is 0.0633. The molecule has 0 spiro atoms. The van der Waals surface area contributed by atoms with E-state index in [0.717, 1.165) is 34.3 Å². The number of aromatic nitrogens is 1. The van der Waals surface area contributed by atoms with E-state index in [1.165, 1.54) is 5.56 Å². The van der Waals surface area contributed by atoms with Crippen LogP contribution in [-0.2, 0) is 17.8 Å². The third-order valence-corrected chi connectivity index (χ3v) is 5.13. The lowest BCUT2D eigenvalue weighted by atomic mass is 9.98. The van der Waals surface area contributed by atoms with Crippen LogP contribution in [0, 0.1) is 0 Å². The second kappa shape index (κ2) is 7.76. The fourth-order valence-electron chi connectivity index (χ4n) is 3.63. The number of benzene rings is 2. The zero-order valence-electron chi connectivity index (χ0n) is 16.1. The van der Waals surface area contributed by atoms with Crippen LogP contribution >= 0.6 is 0 Å². The highest BCUT2D eigenvalue weighted by Gasteiger charge is 2.22. The molecule has 6 heteroatoms. The van der Waals surface area contributed by atoms with Crippen LogP contribution in [0.15, 0.2) is 48.7 Å². The summed E-state index contributed by atoms with van der Waals surface area (Å²) in [5.74, 6) is 1.48. The maximum atomic E-state index is 12.8. The molecule has 1 aromatic heterocycles. The molecule has 6 nitrogen and oxygen atoms in total. The van der Waals surface area contributed by atoms with Crippen molar-refractivity contribution in [3.05, 3.63) is 59.8 Å². The standard InChI is InChI=1S/C22H23N3O3/c1-27-19-11-16-8-10-25(14-17(16)12-20(19)28-2)21(26)13-24-18-7-3-5-15-6-4-9-23-22(15)18/h3-7,9,11-12,24H,8,10,13-14H2,1-2H3. The number of hydrogen-bond acceptors (Lipinski definition) is 5. The van der Waals surface area contributed by atoms with Gasteiger partial charge in [-0.2, -0.15) is 0 Å². The number of pyridine rings is 1. The molecule has 0 fully saturated rings. The first-order valence-electron chi connectivity index (χ1n) is 9.29. The number of carbonyl (C=O) groups excluding carboxylic acids is 1. The van der Waals surface area contributed by atoms with E-state index in [9.17, 15) is 4.79 Å². The Hall–Kier alpha value is -3.28. The molecule has 4 rings (SSSR count). The van der Waals surface area contributed by atoms with Gasteiger partial charge in [0.25, 0.3) is 0 Å². The Morgan fingerprint density at radius 3 is 2.64 bits per heavy atom. The number of amides is 1. The lowest BCUT2D eigenvalue weighted by Crippen LogP contribution is -2.39. The molecular formula is C22H23N3O3. The summed E-state index contributed by atoms with van der Waals surface area (Å²) in [6.45, 7) is 1.50. The van der Waals surface area contributed by atoms with Gasteiger partial charge in [-0.05, 0) is 41.8 Å². The number of methoxy groups -OCH3 is 2. The van der Waals surface area contributed by atoms with Crippen LogP contribution in [0.5, 0.6) is 11.5 Å². The van der Waals surface area contributed by atoms with E-state index in [0.29, 0.717) is 18.8 Å². The van der Waals surface area contributed by atoms with Crippen LogP contribution < -0.4 is 14.8 Å². The van der Waals surface area contributed by atoms with E-state index in [-0.39, 0.29) is 12.5 Å². The van der Waals surface area contributed by atoms with E-state index in [1.807, 2.05) is 47.4 Å². The van der Waals surface area contributed by atoms with Gasteiger partial charge in [0.05, 0.1) is 32.0 Å². The van der Waals surface area contributed by atoms with E-state index in [4.69, 9.17) is 9.47 Å². The molecule has 0 unspecified atom stereocenters. The predicted octanol–water partition coefficient (Wildman–Crippen LogP) is 3.25. The number of para-hydroxylation sites is 1.